The number of carbonyl (C=O) groups excluding carboxylic acids is 1. The molecular formula is C23H20BrClN2O4. The lowest BCUT2D eigenvalue weighted by Gasteiger charge is -2.14. The Labute approximate surface area is 193 Å². The highest BCUT2D eigenvalue weighted by atomic mass is 79.9. The van der Waals surface area contributed by atoms with E-state index in [-0.39, 0.29) is 5.91 Å². The van der Waals surface area contributed by atoms with Crippen LogP contribution in [0.4, 0.5) is 0 Å². The average molecular weight is 504 g/mol. The van der Waals surface area contributed by atoms with Gasteiger partial charge in [-0.3, -0.25) is 4.79 Å². The van der Waals surface area contributed by atoms with Gasteiger partial charge in [-0.1, -0.05) is 35.9 Å². The molecule has 0 aliphatic rings. The van der Waals surface area contributed by atoms with E-state index in [0.717, 1.165) is 5.56 Å². The first-order chi connectivity index (χ1) is 15.0. The molecule has 160 valence electrons. The second-order valence-corrected chi connectivity index (χ2v) is 7.61. The third-order valence-electron chi connectivity index (χ3n) is 4.29. The zero-order chi connectivity index (χ0) is 22.2. The number of amides is 1. The third kappa shape index (κ3) is 5.99. The molecule has 3 aromatic rings. The van der Waals surface area contributed by atoms with E-state index < -0.39 is 0 Å². The van der Waals surface area contributed by atoms with Crippen LogP contribution in [0.1, 0.15) is 21.5 Å². The molecule has 0 aromatic heterocycles. The lowest BCUT2D eigenvalue weighted by atomic mass is 10.2. The van der Waals surface area contributed by atoms with Crippen molar-refractivity contribution in [2.75, 3.05) is 14.2 Å². The molecule has 6 nitrogen and oxygen atoms in total. The van der Waals surface area contributed by atoms with Crippen LogP contribution >= 0.6 is 27.5 Å². The maximum absolute atomic E-state index is 12.2. The fourth-order valence-corrected chi connectivity index (χ4v) is 3.48. The Hall–Kier alpha value is -3.03. The van der Waals surface area contributed by atoms with Crippen molar-refractivity contribution in [2.24, 2.45) is 5.10 Å². The molecule has 0 aliphatic heterocycles. The van der Waals surface area contributed by atoms with Gasteiger partial charge in [-0.25, -0.2) is 5.43 Å². The molecule has 3 rings (SSSR count). The normalized spacial score (nSPS) is 10.7. The van der Waals surface area contributed by atoms with Gasteiger partial charge in [0.05, 0.1) is 24.9 Å². The minimum absolute atomic E-state index is 0.290. The zero-order valence-electron chi connectivity index (χ0n) is 16.9. The lowest BCUT2D eigenvalue weighted by Crippen LogP contribution is -2.17. The molecule has 0 saturated carbocycles. The molecule has 0 fully saturated rings. The summed E-state index contributed by atoms with van der Waals surface area (Å²) in [6, 6.07) is 17.9. The fourth-order valence-electron chi connectivity index (χ4n) is 2.71. The minimum Gasteiger partial charge on any atom is -0.497 e. The number of halogens is 2. The molecule has 0 atom stereocenters. The zero-order valence-corrected chi connectivity index (χ0v) is 19.2. The van der Waals surface area contributed by atoms with E-state index in [4.69, 9.17) is 25.8 Å². The standard InChI is InChI=1S/C23H20BrClN2O4/c1-29-18-8-5-7-16(12-18)23(28)27-26-13-15-10-19(24)22(21(11-15)30-2)31-14-17-6-3-4-9-20(17)25/h3-13H,14H2,1-2H3,(H,27,28)/b26-13-. The molecular weight excluding hydrogens is 484 g/mol. The molecule has 0 unspecified atom stereocenters. The van der Waals surface area contributed by atoms with E-state index in [1.165, 1.54) is 6.21 Å². The summed E-state index contributed by atoms with van der Waals surface area (Å²) < 4.78 is 17.2. The van der Waals surface area contributed by atoms with E-state index in [2.05, 4.69) is 26.5 Å². The fraction of sp³-hybridized carbons (Fsp3) is 0.130. The van der Waals surface area contributed by atoms with Crippen molar-refractivity contribution in [3.8, 4) is 17.2 Å². The van der Waals surface area contributed by atoms with Crippen LogP contribution in [0.2, 0.25) is 5.02 Å². The predicted molar refractivity (Wildman–Crippen MR) is 125 cm³/mol. The Kier molecular flexibility index (Phi) is 7.92. The number of benzene rings is 3. The highest BCUT2D eigenvalue weighted by Gasteiger charge is 2.12. The van der Waals surface area contributed by atoms with Gasteiger partial charge in [0, 0.05) is 16.1 Å². The van der Waals surface area contributed by atoms with Crippen LogP contribution in [0.25, 0.3) is 0 Å². The molecule has 1 N–H and O–H groups in total. The Balaban J connectivity index is 1.70. The van der Waals surface area contributed by atoms with Gasteiger partial charge in [0.15, 0.2) is 11.5 Å². The summed E-state index contributed by atoms with van der Waals surface area (Å²) in [5.74, 6) is 1.31. The minimum atomic E-state index is -0.346. The van der Waals surface area contributed by atoms with E-state index >= 15 is 0 Å². The summed E-state index contributed by atoms with van der Waals surface area (Å²) >= 11 is 9.69. The Bertz CT molecular complexity index is 1100. The number of rotatable bonds is 8. The lowest BCUT2D eigenvalue weighted by molar-refractivity contribution is 0.0955. The van der Waals surface area contributed by atoms with Crippen molar-refractivity contribution in [3.63, 3.8) is 0 Å². The maximum atomic E-state index is 12.2. The van der Waals surface area contributed by atoms with Crippen LogP contribution in [-0.2, 0) is 6.61 Å². The molecule has 1 amide bonds. The number of nitrogens with one attached hydrogen (secondary N) is 1. The second kappa shape index (κ2) is 10.8. The summed E-state index contributed by atoms with van der Waals surface area (Å²) in [6.07, 6.45) is 1.52. The molecule has 0 aliphatic carbocycles. The SMILES string of the molecule is COc1cccc(C(=O)N/N=C\c2cc(Br)c(OCc3ccccc3Cl)c(OC)c2)c1. The largest absolute Gasteiger partial charge is 0.497 e. The topological polar surface area (TPSA) is 69.2 Å². The van der Waals surface area contributed by atoms with Crippen LogP contribution in [0.3, 0.4) is 0 Å². The average Bonchev–Trinajstić information content (AvgIpc) is 2.79. The van der Waals surface area contributed by atoms with Gasteiger partial charge < -0.3 is 14.2 Å². The molecule has 0 heterocycles. The van der Waals surface area contributed by atoms with Crippen LogP contribution < -0.4 is 19.6 Å². The summed E-state index contributed by atoms with van der Waals surface area (Å²) in [5, 5.41) is 4.66. The highest BCUT2D eigenvalue weighted by molar-refractivity contribution is 9.10. The number of nitrogens with zero attached hydrogens (tertiary/aromatic N) is 1. The van der Waals surface area contributed by atoms with Crippen molar-refractivity contribution in [1.29, 1.82) is 0 Å². The van der Waals surface area contributed by atoms with Crippen molar-refractivity contribution < 1.29 is 19.0 Å². The molecule has 31 heavy (non-hydrogen) atoms. The number of hydrazone groups is 1. The summed E-state index contributed by atoms with van der Waals surface area (Å²) in [6.45, 7) is 0.290. The van der Waals surface area contributed by atoms with Gasteiger partial charge in [0.2, 0.25) is 0 Å². The first-order valence-corrected chi connectivity index (χ1v) is 10.4. The van der Waals surface area contributed by atoms with Crippen molar-refractivity contribution in [2.45, 2.75) is 6.61 Å². The number of methoxy groups -OCH3 is 2. The summed E-state index contributed by atoms with van der Waals surface area (Å²) in [4.78, 5) is 12.2. The molecule has 0 bridgehead atoms. The number of hydrogen-bond donors (Lipinski definition) is 1. The summed E-state index contributed by atoms with van der Waals surface area (Å²) in [5.41, 5.74) is 4.51. The van der Waals surface area contributed by atoms with Gasteiger partial charge in [-0.2, -0.15) is 5.10 Å². The van der Waals surface area contributed by atoms with Crippen LogP contribution in [0.15, 0.2) is 70.2 Å². The van der Waals surface area contributed by atoms with Crippen LogP contribution in [0.5, 0.6) is 17.2 Å². The van der Waals surface area contributed by atoms with Gasteiger partial charge in [-0.15, -0.1) is 0 Å². The van der Waals surface area contributed by atoms with E-state index in [1.54, 1.807) is 44.6 Å². The molecule has 0 spiro atoms. The Morgan fingerprint density at radius 3 is 2.65 bits per heavy atom. The highest BCUT2D eigenvalue weighted by Crippen LogP contribution is 2.37. The van der Waals surface area contributed by atoms with Gasteiger partial charge >= 0.3 is 0 Å². The maximum Gasteiger partial charge on any atom is 0.271 e. The first kappa shape index (κ1) is 22.7. The number of carbonyl (C=O) groups is 1. The predicted octanol–water partition coefficient (Wildman–Crippen LogP) is 5.46. The van der Waals surface area contributed by atoms with Crippen molar-refractivity contribution in [3.05, 3.63) is 86.8 Å². The quantitative estimate of drug-likeness (QED) is 0.327. The molecule has 3 aromatic carbocycles. The van der Waals surface area contributed by atoms with Crippen molar-refractivity contribution >= 4 is 39.7 Å². The Morgan fingerprint density at radius 2 is 1.90 bits per heavy atom. The number of ether oxygens (including phenoxy) is 3. The van der Waals surface area contributed by atoms with Gasteiger partial charge in [-0.05, 0) is 57.9 Å². The van der Waals surface area contributed by atoms with Gasteiger partial charge in [0.1, 0.15) is 12.4 Å². The Morgan fingerprint density at radius 1 is 1.10 bits per heavy atom. The van der Waals surface area contributed by atoms with Gasteiger partial charge in [0.25, 0.3) is 5.91 Å². The van der Waals surface area contributed by atoms with E-state index in [9.17, 15) is 4.79 Å². The molecule has 0 saturated heterocycles. The van der Waals surface area contributed by atoms with Crippen LogP contribution in [-0.4, -0.2) is 26.3 Å². The van der Waals surface area contributed by atoms with Crippen molar-refractivity contribution in [1.82, 2.24) is 5.43 Å². The monoisotopic (exact) mass is 502 g/mol. The first-order valence-electron chi connectivity index (χ1n) is 9.23. The smallest absolute Gasteiger partial charge is 0.271 e. The second-order valence-electron chi connectivity index (χ2n) is 6.35. The molecule has 8 heteroatoms. The molecule has 0 radical (unpaired) electrons. The van der Waals surface area contributed by atoms with E-state index in [0.29, 0.717) is 44.5 Å². The number of hydrogen-bond acceptors (Lipinski definition) is 5. The third-order valence-corrected chi connectivity index (χ3v) is 5.25. The summed E-state index contributed by atoms with van der Waals surface area (Å²) in [7, 11) is 3.10. The van der Waals surface area contributed by atoms with Crippen LogP contribution in [0, 0.1) is 0 Å². The van der Waals surface area contributed by atoms with E-state index in [1.807, 2.05) is 30.3 Å².